The minimum absolute atomic E-state index is 0.0467. The largest absolute Gasteiger partial charge is 0.252 e. The van der Waals surface area contributed by atoms with Gasteiger partial charge in [-0.2, -0.15) is 0 Å². The SMILES string of the molecule is C#CC1(C)CC(C)C[P+](C)(O)C1. The van der Waals surface area contributed by atoms with E-state index in [9.17, 15) is 4.89 Å². The molecule has 1 aliphatic heterocycles. The zero-order valence-electron chi connectivity index (χ0n) is 8.17. The maximum Gasteiger partial charge on any atom is 0.140 e. The molecule has 1 aliphatic rings. The molecule has 12 heavy (non-hydrogen) atoms. The molecule has 1 heterocycles. The fraction of sp³-hybridized carbons (Fsp3) is 0.800. The van der Waals surface area contributed by atoms with Gasteiger partial charge in [0.25, 0.3) is 0 Å². The first-order valence-electron chi connectivity index (χ1n) is 4.42. The Labute approximate surface area is 76.0 Å². The summed E-state index contributed by atoms with van der Waals surface area (Å²) < 4.78 is 0. The molecule has 0 saturated carbocycles. The Kier molecular flexibility index (Phi) is 2.52. The van der Waals surface area contributed by atoms with E-state index in [2.05, 4.69) is 19.8 Å². The molecule has 1 fully saturated rings. The second-order valence-corrected chi connectivity index (χ2v) is 8.05. The standard InChI is InChI=1S/C10H18OP/c1-5-10(3)6-9(2)7-12(4,11)8-10/h1,9,11H,6-8H2,2-4H3/q+1. The molecule has 0 aromatic carbocycles. The zero-order valence-corrected chi connectivity index (χ0v) is 9.06. The van der Waals surface area contributed by atoms with E-state index in [4.69, 9.17) is 6.42 Å². The van der Waals surface area contributed by atoms with E-state index >= 15 is 0 Å². The Morgan fingerprint density at radius 1 is 1.67 bits per heavy atom. The van der Waals surface area contributed by atoms with Gasteiger partial charge in [-0.3, -0.25) is 4.89 Å². The van der Waals surface area contributed by atoms with E-state index in [1.807, 2.05) is 6.66 Å². The second-order valence-electron chi connectivity index (χ2n) is 4.69. The topological polar surface area (TPSA) is 20.2 Å². The monoisotopic (exact) mass is 185 g/mol. The van der Waals surface area contributed by atoms with Crippen LogP contribution < -0.4 is 0 Å². The number of hydrogen-bond acceptors (Lipinski definition) is 1. The van der Waals surface area contributed by atoms with Crippen LogP contribution in [0.1, 0.15) is 20.3 Å². The predicted molar refractivity (Wildman–Crippen MR) is 55.5 cm³/mol. The molecule has 3 unspecified atom stereocenters. The molecule has 68 valence electrons. The van der Waals surface area contributed by atoms with Crippen molar-refractivity contribution in [1.82, 2.24) is 0 Å². The Balaban J connectivity index is 2.78. The van der Waals surface area contributed by atoms with Crippen LogP contribution in [-0.4, -0.2) is 23.9 Å². The molecule has 0 radical (unpaired) electrons. The summed E-state index contributed by atoms with van der Waals surface area (Å²) in [6.07, 6.45) is 8.38. The molecule has 0 bridgehead atoms. The number of rotatable bonds is 0. The van der Waals surface area contributed by atoms with E-state index in [0.717, 1.165) is 18.7 Å². The average Bonchev–Trinajstić information content (AvgIpc) is 1.82. The van der Waals surface area contributed by atoms with Gasteiger partial charge >= 0.3 is 0 Å². The molecule has 1 rings (SSSR count). The molecular formula is C10H18OP+. The third kappa shape index (κ3) is 2.22. The van der Waals surface area contributed by atoms with Gasteiger partial charge in [-0.1, -0.05) is 12.8 Å². The van der Waals surface area contributed by atoms with Gasteiger partial charge in [0.1, 0.15) is 13.7 Å². The highest BCUT2D eigenvalue weighted by Crippen LogP contribution is 2.60. The van der Waals surface area contributed by atoms with Crippen molar-refractivity contribution in [2.24, 2.45) is 11.3 Å². The van der Waals surface area contributed by atoms with Crippen molar-refractivity contribution < 1.29 is 4.89 Å². The van der Waals surface area contributed by atoms with Gasteiger partial charge in [-0.25, -0.2) is 0 Å². The third-order valence-corrected chi connectivity index (χ3v) is 5.33. The maximum atomic E-state index is 10.0. The zero-order chi connectivity index (χ0) is 9.41. The third-order valence-electron chi connectivity index (χ3n) is 2.54. The summed E-state index contributed by atoms with van der Waals surface area (Å²) in [6, 6.07) is 0. The van der Waals surface area contributed by atoms with Crippen molar-refractivity contribution in [2.45, 2.75) is 20.3 Å². The molecule has 0 spiro atoms. The molecule has 1 nitrogen and oxygen atoms in total. The highest BCUT2D eigenvalue weighted by Gasteiger charge is 2.46. The first-order chi connectivity index (χ1) is 5.37. The van der Waals surface area contributed by atoms with Crippen molar-refractivity contribution >= 4 is 7.49 Å². The molecule has 0 aromatic heterocycles. The van der Waals surface area contributed by atoms with Crippen LogP contribution in [0.15, 0.2) is 0 Å². The van der Waals surface area contributed by atoms with Gasteiger partial charge in [0.05, 0.1) is 18.2 Å². The molecule has 0 aliphatic carbocycles. The average molecular weight is 185 g/mol. The van der Waals surface area contributed by atoms with Crippen molar-refractivity contribution in [3.05, 3.63) is 0 Å². The number of terminal acetylenes is 1. The minimum atomic E-state index is -1.67. The first kappa shape index (κ1) is 10.0. The second kappa shape index (κ2) is 3.02. The summed E-state index contributed by atoms with van der Waals surface area (Å²) in [7, 11) is -1.67. The smallest absolute Gasteiger partial charge is 0.140 e. The number of hydrogen-bond donors (Lipinski definition) is 1. The van der Waals surface area contributed by atoms with E-state index in [-0.39, 0.29) is 5.41 Å². The van der Waals surface area contributed by atoms with Gasteiger partial charge in [0.15, 0.2) is 0 Å². The van der Waals surface area contributed by atoms with Crippen molar-refractivity contribution in [3.63, 3.8) is 0 Å². The van der Waals surface area contributed by atoms with Gasteiger partial charge < -0.3 is 0 Å². The molecule has 0 aromatic rings. The lowest BCUT2D eigenvalue weighted by atomic mass is 9.84. The normalized spacial score (nSPS) is 48.4. The Morgan fingerprint density at radius 3 is 2.67 bits per heavy atom. The van der Waals surface area contributed by atoms with Crippen LogP contribution in [0.4, 0.5) is 0 Å². The lowest BCUT2D eigenvalue weighted by molar-refractivity contribution is 0.352. The molecule has 1 saturated heterocycles. The molecule has 3 atom stereocenters. The van der Waals surface area contributed by atoms with Crippen LogP contribution in [0.2, 0.25) is 0 Å². The van der Waals surface area contributed by atoms with E-state index in [1.54, 1.807) is 0 Å². The van der Waals surface area contributed by atoms with Gasteiger partial charge in [-0.15, -0.1) is 6.42 Å². The van der Waals surface area contributed by atoms with Gasteiger partial charge in [0.2, 0.25) is 0 Å². The molecule has 0 amide bonds. The maximum absolute atomic E-state index is 10.0. The van der Waals surface area contributed by atoms with Crippen LogP contribution in [0.25, 0.3) is 0 Å². The summed E-state index contributed by atoms with van der Waals surface area (Å²) in [5.41, 5.74) is -0.0467. The van der Waals surface area contributed by atoms with Crippen LogP contribution in [0, 0.1) is 23.7 Å². The Bertz CT molecular complexity index is 216. The molecular weight excluding hydrogens is 167 g/mol. The summed E-state index contributed by atoms with van der Waals surface area (Å²) in [4.78, 5) is 10.0. The lowest BCUT2D eigenvalue weighted by Gasteiger charge is -2.35. The fourth-order valence-corrected chi connectivity index (χ4v) is 5.82. The summed E-state index contributed by atoms with van der Waals surface area (Å²) in [5, 5.41) is 0. The lowest BCUT2D eigenvalue weighted by Crippen LogP contribution is -2.32. The van der Waals surface area contributed by atoms with Crippen LogP contribution >= 0.6 is 7.49 Å². The summed E-state index contributed by atoms with van der Waals surface area (Å²) in [6.45, 7) is 6.28. The van der Waals surface area contributed by atoms with Gasteiger partial charge in [0, 0.05) is 0 Å². The van der Waals surface area contributed by atoms with Crippen LogP contribution in [0.3, 0.4) is 0 Å². The Morgan fingerprint density at radius 2 is 2.25 bits per heavy atom. The van der Waals surface area contributed by atoms with Gasteiger partial charge in [-0.05, 0) is 19.3 Å². The van der Waals surface area contributed by atoms with Crippen LogP contribution in [-0.2, 0) is 0 Å². The quantitative estimate of drug-likeness (QED) is 0.453. The van der Waals surface area contributed by atoms with Crippen molar-refractivity contribution in [1.29, 1.82) is 0 Å². The minimum Gasteiger partial charge on any atom is -0.252 e. The predicted octanol–water partition coefficient (Wildman–Crippen LogP) is 2.22. The highest BCUT2D eigenvalue weighted by atomic mass is 31.2. The van der Waals surface area contributed by atoms with Crippen molar-refractivity contribution in [3.8, 4) is 12.3 Å². The van der Waals surface area contributed by atoms with Crippen LogP contribution in [0.5, 0.6) is 0 Å². The summed E-state index contributed by atoms with van der Waals surface area (Å²) in [5.74, 6) is 3.42. The van der Waals surface area contributed by atoms with E-state index in [1.165, 1.54) is 0 Å². The van der Waals surface area contributed by atoms with Crippen molar-refractivity contribution in [2.75, 3.05) is 19.0 Å². The first-order valence-corrected chi connectivity index (χ1v) is 6.98. The fourth-order valence-electron chi connectivity index (χ4n) is 2.49. The Hall–Kier alpha value is -0.0500. The van der Waals surface area contributed by atoms with E-state index < -0.39 is 7.49 Å². The molecule has 1 N–H and O–H groups in total. The van der Waals surface area contributed by atoms with E-state index in [0.29, 0.717) is 5.92 Å². The highest BCUT2D eigenvalue weighted by molar-refractivity contribution is 7.69. The molecule has 2 heteroatoms. The summed E-state index contributed by atoms with van der Waals surface area (Å²) >= 11 is 0.